The highest BCUT2D eigenvalue weighted by Gasteiger charge is 2.28. The Morgan fingerprint density at radius 3 is 2.77 bits per heavy atom. The lowest BCUT2D eigenvalue weighted by Crippen LogP contribution is -2.41. The van der Waals surface area contributed by atoms with Gasteiger partial charge in [0.15, 0.2) is 0 Å². The Hall–Kier alpha value is -1.84. The summed E-state index contributed by atoms with van der Waals surface area (Å²) in [6.45, 7) is 3.72. The molecule has 3 aromatic rings. The number of carbonyl (C=O) groups is 1. The van der Waals surface area contributed by atoms with Gasteiger partial charge in [-0.2, -0.15) is 0 Å². The van der Waals surface area contributed by atoms with Crippen LogP contribution in [0.15, 0.2) is 22.9 Å². The van der Waals surface area contributed by atoms with Gasteiger partial charge in [-0.15, -0.1) is 32.9 Å². The molecule has 6 nitrogen and oxygen atoms in total. The molecule has 0 saturated heterocycles. The van der Waals surface area contributed by atoms with Gasteiger partial charge in [0.25, 0.3) is 5.91 Å². The number of anilines is 1. The Balaban J connectivity index is 1.77. The summed E-state index contributed by atoms with van der Waals surface area (Å²) in [7, 11) is 0. The minimum Gasteiger partial charge on any atom is -0.374 e. The molecule has 3 aromatic heterocycles. The van der Waals surface area contributed by atoms with Gasteiger partial charge in [0.05, 0.1) is 10.4 Å². The van der Waals surface area contributed by atoms with Gasteiger partial charge in [-0.1, -0.05) is 17.4 Å². The number of nitrogens with two attached hydrogens (primary N) is 1. The molecule has 0 aromatic carbocycles. The monoisotopic (exact) mass is 351 g/mol. The van der Waals surface area contributed by atoms with Gasteiger partial charge >= 0.3 is 0 Å². The predicted octanol–water partition coefficient (Wildman–Crippen LogP) is 2.97. The van der Waals surface area contributed by atoms with Crippen LogP contribution in [0.5, 0.6) is 0 Å². The van der Waals surface area contributed by atoms with E-state index in [1.54, 1.807) is 16.7 Å². The van der Waals surface area contributed by atoms with Gasteiger partial charge in [-0.05, 0) is 25.3 Å². The van der Waals surface area contributed by atoms with Crippen LogP contribution >= 0.6 is 34.0 Å². The number of aromatic nitrogens is 3. The fourth-order valence-corrected chi connectivity index (χ4v) is 4.06. The molecule has 3 rings (SSSR count). The molecule has 0 unspecified atom stereocenters. The van der Waals surface area contributed by atoms with Gasteiger partial charge in [-0.3, -0.25) is 4.79 Å². The fourth-order valence-electron chi connectivity index (χ4n) is 1.78. The smallest absolute Gasteiger partial charge is 0.271 e. The summed E-state index contributed by atoms with van der Waals surface area (Å²) in [6.07, 6.45) is 0. The van der Waals surface area contributed by atoms with Crippen molar-refractivity contribution in [2.24, 2.45) is 0 Å². The van der Waals surface area contributed by atoms with Crippen molar-refractivity contribution in [1.29, 1.82) is 0 Å². The van der Waals surface area contributed by atoms with E-state index < -0.39 is 5.54 Å². The second-order valence-corrected chi connectivity index (χ2v) is 7.85. The zero-order valence-corrected chi connectivity index (χ0v) is 14.3. The van der Waals surface area contributed by atoms with E-state index in [0.717, 1.165) is 9.88 Å². The fraction of sp³-hybridized carbons (Fsp3) is 0.231. The highest BCUT2D eigenvalue weighted by Crippen LogP contribution is 2.29. The average Bonchev–Trinajstić information content (AvgIpc) is 3.19. The van der Waals surface area contributed by atoms with Crippen molar-refractivity contribution in [1.82, 2.24) is 20.5 Å². The molecule has 0 aliphatic rings. The molecule has 0 aliphatic heterocycles. The van der Waals surface area contributed by atoms with Gasteiger partial charge in [0.1, 0.15) is 15.7 Å². The van der Waals surface area contributed by atoms with E-state index in [1.165, 1.54) is 22.7 Å². The molecule has 3 N–H and O–H groups in total. The molecule has 114 valence electrons. The number of amides is 1. The first-order valence-electron chi connectivity index (χ1n) is 6.37. The summed E-state index contributed by atoms with van der Waals surface area (Å²) in [5.41, 5.74) is 5.35. The summed E-state index contributed by atoms with van der Waals surface area (Å²) in [5.74, 6) is -0.238. The number of nitrogen functional groups attached to an aromatic ring is 1. The first-order valence-corrected chi connectivity index (χ1v) is 8.94. The van der Waals surface area contributed by atoms with Crippen LogP contribution in [0.2, 0.25) is 0 Å². The third-order valence-corrected chi connectivity index (χ3v) is 5.83. The maximum absolute atomic E-state index is 12.4. The van der Waals surface area contributed by atoms with E-state index in [1.807, 2.05) is 31.4 Å². The van der Waals surface area contributed by atoms with Gasteiger partial charge in [0.2, 0.25) is 5.13 Å². The number of thiazole rings is 1. The van der Waals surface area contributed by atoms with Crippen molar-refractivity contribution >= 4 is 45.0 Å². The lowest BCUT2D eigenvalue weighted by molar-refractivity contribution is 0.0907. The van der Waals surface area contributed by atoms with Crippen molar-refractivity contribution < 1.29 is 4.79 Å². The van der Waals surface area contributed by atoms with Crippen molar-refractivity contribution in [3.8, 4) is 9.88 Å². The third kappa shape index (κ3) is 3.01. The SMILES string of the molecule is CC(C)(NC(=O)c1csc(-c2cccs2)n1)c1nnc(N)s1. The number of hydrogen-bond acceptors (Lipinski definition) is 8. The Kier molecular flexibility index (Phi) is 3.94. The molecule has 3 heterocycles. The van der Waals surface area contributed by atoms with Gasteiger partial charge in [0, 0.05) is 5.38 Å². The van der Waals surface area contributed by atoms with Crippen LogP contribution in [0.25, 0.3) is 9.88 Å². The lowest BCUT2D eigenvalue weighted by atomic mass is 10.1. The second kappa shape index (κ2) is 5.75. The molecule has 1 amide bonds. The Bertz CT molecular complexity index is 790. The zero-order chi connectivity index (χ0) is 15.7. The molecule has 0 radical (unpaired) electrons. The third-order valence-electron chi connectivity index (χ3n) is 2.87. The zero-order valence-electron chi connectivity index (χ0n) is 11.9. The molecule has 9 heteroatoms. The molecule has 0 aliphatic carbocycles. The number of carbonyl (C=O) groups excluding carboxylic acids is 1. The van der Waals surface area contributed by atoms with Crippen LogP contribution in [0.1, 0.15) is 29.3 Å². The minimum atomic E-state index is -0.654. The van der Waals surface area contributed by atoms with E-state index >= 15 is 0 Å². The first-order chi connectivity index (χ1) is 10.5. The maximum Gasteiger partial charge on any atom is 0.271 e. The topological polar surface area (TPSA) is 93.8 Å². The van der Waals surface area contributed by atoms with Crippen molar-refractivity contribution in [3.05, 3.63) is 33.6 Å². The Labute approximate surface area is 139 Å². The number of hydrogen-bond donors (Lipinski definition) is 2. The van der Waals surface area contributed by atoms with Crippen molar-refractivity contribution in [2.45, 2.75) is 19.4 Å². The van der Waals surface area contributed by atoms with E-state index in [4.69, 9.17) is 5.73 Å². The second-order valence-electron chi connectivity index (χ2n) is 5.04. The summed E-state index contributed by atoms with van der Waals surface area (Å²) >= 11 is 4.31. The summed E-state index contributed by atoms with van der Waals surface area (Å²) < 4.78 is 0. The molecule has 0 bridgehead atoms. The van der Waals surface area contributed by atoms with E-state index in [0.29, 0.717) is 15.8 Å². The quantitative estimate of drug-likeness (QED) is 0.753. The molecular weight excluding hydrogens is 338 g/mol. The van der Waals surface area contributed by atoms with E-state index in [2.05, 4.69) is 20.5 Å². The Morgan fingerprint density at radius 2 is 2.14 bits per heavy atom. The van der Waals surface area contributed by atoms with Crippen LogP contribution in [0, 0.1) is 0 Å². The van der Waals surface area contributed by atoms with Gasteiger partial charge in [-0.25, -0.2) is 4.98 Å². The maximum atomic E-state index is 12.4. The molecule has 0 saturated carbocycles. The molecular formula is C13H13N5OS3. The van der Waals surface area contributed by atoms with Crippen molar-refractivity contribution in [2.75, 3.05) is 5.73 Å². The van der Waals surface area contributed by atoms with Gasteiger partial charge < -0.3 is 11.1 Å². The van der Waals surface area contributed by atoms with Crippen LogP contribution in [0.3, 0.4) is 0 Å². The predicted molar refractivity (Wildman–Crippen MR) is 90.2 cm³/mol. The minimum absolute atomic E-state index is 0.238. The lowest BCUT2D eigenvalue weighted by Gasteiger charge is -2.22. The van der Waals surface area contributed by atoms with Crippen LogP contribution in [0.4, 0.5) is 5.13 Å². The normalized spacial score (nSPS) is 11.5. The van der Waals surface area contributed by atoms with E-state index in [-0.39, 0.29) is 5.91 Å². The van der Waals surface area contributed by atoms with E-state index in [9.17, 15) is 4.79 Å². The highest BCUT2D eigenvalue weighted by molar-refractivity contribution is 7.20. The standard InChI is InChI=1S/C13H13N5OS3/c1-13(2,11-17-18-12(14)22-11)16-9(19)7-6-21-10(15-7)8-4-3-5-20-8/h3-6H,1-2H3,(H2,14,18)(H,16,19). The summed E-state index contributed by atoms with van der Waals surface area (Å²) in [4.78, 5) is 17.8. The Morgan fingerprint density at radius 1 is 1.32 bits per heavy atom. The molecule has 0 fully saturated rings. The number of nitrogens with zero attached hydrogens (tertiary/aromatic N) is 3. The molecule has 22 heavy (non-hydrogen) atoms. The number of rotatable bonds is 4. The number of nitrogens with one attached hydrogen (secondary N) is 1. The summed E-state index contributed by atoms with van der Waals surface area (Å²) in [5, 5.41) is 16.3. The highest BCUT2D eigenvalue weighted by atomic mass is 32.1. The average molecular weight is 351 g/mol. The number of thiophene rings is 1. The van der Waals surface area contributed by atoms with Crippen LogP contribution in [-0.2, 0) is 5.54 Å². The molecule has 0 atom stereocenters. The van der Waals surface area contributed by atoms with Crippen LogP contribution < -0.4 is 11.1 Å². The van der Waals surface area contributed by atoms with Crippen molar-refractivity contribution in [3.63, 3.8) is 0 Å². The largest absolute Gasteiger partial charge is 0.374 e. The summed E-state index contributed by atoms with van der Waals surface area (Å²) in [6, 6.07) is 3.95. The first kappa shape index (κ1) is 15.1. The van der Waals surface area contributed by atoms with Crippen LogP contribution in [-0.4, -0.2) is 21.1 Å². The molecule has 0 spiro atoms.